The number of carbonyl (C=O) groups excluding carboxylic acids is 4. The van der Waals surface area contributed by atoms with Gasteiger partial charge in [0.2, 0.25) is 11.9 Å². The van der Waals surface area contributed by atoms with Crippen molar-refractivity contribution in [2.75, 3.05) is 18.5 Å². The number of rotatable bonds is 9. The van der Waals surface area contributed by atoms with Gasteiger partial charge in [-0.1, -0.05) is 32.6 Å². The van der Waals surface area contributed by atoms with Crippen LogP contribution in [0, 0.1) is 24.2 Å². The molecule has 0 aliphatic carbocycles. The summed E-state index contributed by atoms with van der Waals surface area (Å²) in [6.07, 6.45) is 1.44. The van der Waals surface area contributed by atoms with Crippen LogP contribution in [0.4, 0.5) is 5.95 Å². The van der Waals surface area contributed by atoms with Gasteiger partial charge in [-0.25, -0.2) is 9.78 Å². The Balaban J connectivity index is 1.77. The third-order valence-electron chi connectivity index (χ3n) is 5.75. The summed E-state index contributed by atoms with van der Waals surface area (Å²) >= 11 is 1.13. The summed E-state index contributed by atoms with van der Waals surface area (Å²) < 4.78 is 9.95. The maximum absolute atomic E-state index is 13.0. The highest BCUT2D eigenvalue weighted by molar-refractivity contribution is 7.14. The van der Waals surface area contributed by atoms with E-state index in [1.54, 1.807) is 53.7 Å². The fourth-order valence-corrected chi connectivity index (χ4v) is 4.44. The minimum absolute atomic E-state index is 0.00450. The summed E-state index contributed by atoms with van der Waals surface area (Å²) in [5.41, 5.74) is 0.184. The van der Waals surface area contributed by atoms with Crippen LogP contribution in [0.3, 0.4) is 0 Å². The van der Waals surface area contributed by atoms with Crippen molar-refractivity contribution in [3.8, 4) is 11.8 Å². The molecule has 2 amide bonds. The van der Waals surface area contributed by atoms with E-state index in [0.717, 1.165) is 16.9 Å². The number of nitrogens with zero attached hydrogens (tertiary/aromatic N) is 2. The summed E-state index contributed by atoms with van der Waals surface area (Å²) in [6, 6.07) is 2.18. The lowest BCUT2D eigenvalue weighted by atomic mass is 9.96. The summed E-state index contributed by atoms with van der Waals surface area (Å²) in [5, 5.41) is 5.42. The van der Waals surface area contributed by atoms with E-state index in [1.807, 2.05) is 0 Å². The molecule has 3 N–H and O–H groups in total. The van der Waals surface area contributed by atoms with Crippen LogP contribution in [0.1, 0.15) is 73.1 Å². The number of nitrogens with one attached hydrogen (secondary N) is 3. The SMILES string of the molecule is CCOC(=O)CC[C@H](NC(=O)c1cc(C)c(C#Cc2cnc3nc(NC(=O)C(C)(C)C)[nH]c(=O)c3c2)s1)C(=O)OCC. The lowest BCUT2D eigenvalue weighted by molar-refractivity contribution is -0.146. The van der Waals surface area contributed by atoms with E-state index < -0.39 is 34.9 Å². The maximum atomic E-state index is 13.0. The molecule has 1 atom stereocenters. The Kier molecular flexibility index (Phi) is 10.5. The highest BCUT2D eigenvalue weighted by atomic mass is 32.1. The third-order valence-corrected chi connectivity index (χ3v) is 6.91. The van der Waals surface area contributed by atoms with Crippen molar-refractivity contribution >= 4 is 52.1 Å². The number of thiophene rings is 1. The smallest absolute Gasteiger partial charge is 0.328 e. The van der Waals surface area contributed by atoms with E-state index in [9.17, 15) is 24.0 Å². The molecule has 0 aliphatic heterocycles. The Morgan fingerprint density at radius 1 is 1.10 bits per heavy atom. The van der Waals surface area contributed by atoms with E-state index in [2.05, 4.69) is 37.4 Å². The highest BCUT2D eigenvalue weighted by Gasteiger charge is 2.25. The molecular weight excluding hydrogens is 562 g/mol. The number of ether oxygens (including phenoxy) is 2. The fourth-order valence-electron chi connectivity index (χ4n) is 3.51. The number of aromatic nitrogens is 3. The molecular formula is C29H33N5O7S. The molecule has 13 heteroatoms. The normalized spacial score (nSPS) is 11.7. The van der Waals surface area contributed by atoms with Crippen LogP contribution in [0.2, 0.25) is 0 Å². The minimum atomic E-state index is -1.02. The quantitative estimate of drug-likeness (QED) is 0.249. The number of H-pyrrole nitrogens is 1. The minimum Gasteiger partial charge on any atom is -0.466 e. The first-order chi connectivity index (χ1) is 19.8. The van der Waals surface area contributed by atoms with Gasteiger partial charge >= 0.3 is 11.9 Å². The molecule has 0 saturated heterocycles. The molecule has 12 nitrogen and oxygen atoms in total. The van der Waals surface area contributed by atoms with Gasteiger partial charge in [0.1, 0.15) is 6.04 Å². The van der Waals surface area contributed by atoms with Crippen LogP contribution in [-0.2, 0) is 23.9 Å². The zero-order chi connectivity index (χ0) is 31.0. The van der Waals surface area contributed by atoms with Crippen molar-refractivity contribution in [3.63, 3.8) is 0 Å². The van der Waals surface area contributed by atoms with E-state index in [-0.39, 0.29) is 48.9 Å². The predicted molar refractivity (Wildman–Crippen MR) is 157 cm³/mol. The van der Waals surface area contributed by atoms with E-state index >= 15 is 0 Å². The van der Waals surface area contributed by atoms with Gasteiger partial charge in [-0.05, 0) is 44.9 Å². The number of amides is 2. The molecule has 3 heterocycles. The summed E-state index contributed by atoms with van der Waals surface area (Å²) in [5.74, 6) is 4.04. The molecule has 0 bridgehead atoms. The van der Waals surface area contributed by atoms with Crippen molar-refractivity contribution in [1.82, 2.24) is 20.3 Å². The third kappa shape index (κ3) is 8.47. The van der Waals surface area contributed by atoms with Gasteiger partial charge in [-0.2, -0.15) is 4.98 Å². The summed E-state index contributed by atoms with van der Waals surface area (Å²) in [4.78, 5) is 73.9. The number of carbonyl (C=O) groups is 4. The summed E-state index contributed by atoms with van der Waals surface area (Å²) in [7, 11) is 0. The summed E-state index contributed by atoms with van der Waals surface area (Å²) in [6.45, 7) is 10.7. The maximum Gasteiger partial charge on any atom is 0.328 e. The number of hydrogen-bond donors (Lipinski definition) is 3. The van der Waals surface area contributed by atoms with Gasteiger partial charge in [-0.3, -0.25) is 29.5 Å². The molecule has 0 aliphatic rings. The first-order valence-corrected chi connectivity index (χ1v) is 14.1. The van der Waals surface area contributed by atoms with Crippen molar-refractivity contribution < 1.29 is 28.7 Å². The molecule has 0 aromatic carbocycles. The molecule has 3 aromatic heterocycles. The highest BCUT2D eigenvalue weighted by Crippen LogP contribution is 2.22. The zero-order valence-electron chi connectivity index (χ0n) is 24.3. The Labute approximate surface area is 246 Å². The van der Waals surface area contributed by atoms with Crippen LogP contribution in [0.25, 0.3) is 11.0 Å². The van der Waals surface area contributed by atoms with E-state index in [4.69, 9.17) is 9.47 Å². The van der Waals surface area contributed by atoms with Gasteiger partial charge in [0.25, 0.3) is 11.5 Å². The first kappa shape index (κ1) is 32.0. The number of aromatic amines is 1. The Bertz CT molecular complexity index is 1620. The molecule has 0 spiro atoms. The van der Waals surface area contributed by atoms with Crippen LogP contribution < -0.4 is 16.2 Å². The molecule has 3 aromatic rings. The van der Waals surface area contributed by atoms with Crippen LogP contribution >= 0.6 is 11.3 Å². The molecule has 0 unspecified atom stereocenters. The molecule has 0 fully saturated rings. The molecule has 222 valence electrons. The Morgan fingerprint density at radius 3 is 2.48 bits per heavy atom. The fraction of sp³-hybridized carbons (Fsp3) is 0.414. The number of anilines is 1. The topological polar surface area (TPSA) is 169 Å². The van der Waals surface area contributed by atoms with Crippen molar-refractivity contribution in [1.29, 1.82) is 0 Å². The second-order valence-electron chi connectivity index (χ2n) is 10.2. The van der Waals surface area contributed by atoms with E-state index in [0.29, 0.717) is 15.3 Å². The van der Waals surface area contributed by atoms with Gasteiger partial charge < -0.3 is 14.8 Å². The van der Waals surface area contributed by atoms with Gasteiger partial charge in [0.05, 0.1) is 28.4 Å². The predicted octanol–water partition coefficient (Wildman–Crippen LogP) is 3.08. The number of hydrogen-bond acceptors (Lipinski definition) is 10. The Morgan fingerprint density at radius 2 is 1.81 bits per heavy atom. The number of fused-ring (bicyclic) bond motifs is 1. The lowest BCUT2D eigenvalue weighted by Gasteiger charge is -2.16. The average Bonchev–Trinajstić information content (AvgIpc) is 3.30. The molecule has 3 rings (SSSR count). The first-order valence-electron chi connectivity index (χ1n) is 13.3. The van der Waals surface area contributed by atoms with Crippen molar-refractivity contribution in [3.05, 3.63) is 49.6 Å². The lowest BCUT2D eigenvalue weighted by Crippen LogP contribution is -2.42. The standard InChI is InChI=1S/C29H33N5O7S/c1-7-40-22(35)12-10-19(26(38)41-8-2)31-25(37)21-13-16(3)20(42-21)11-9-17-14-18-23(30-15-17)32-28(33-24(18)36)34-27(39)29(4,5)6/h13-15,19H,7-8,10,12H2,1-6H3,(H,31,37)(H2,30,32,33,34,36,39)/t19-/m0/s1. The molecule has 42 heavy (non-hydrogen) atoms. The van der Waals surface area contributed by atoms with Crippen LogP contribution in [-0.4, -0.2) is 58.0 Å². The molecule has 0 radical (unpaired) electrons. The second kappa shape index (κ2) is 13.9. The monoisotopic (exact) mass is 595 g/mol. The van der Waals surface area contributed by atoms with Gasteiger partial charge in [0.15, 0.2) is 5.65 Å². The average molecular weight is 596 g/mol. The van der Waals surface area contributed by atoms with E-state index in [1.165, 1.54) is 6.20 Å². The Hall–Kier alpha value is -4.57. The largest absolute Gasteiger partial charge is 0.466 e. The van der Waals surface area contributed by atoms with Gasteiger partial charge in [0, 0.05) is 23.6 Å². The van der Waals surface area contributed by atoms with Crippen LogP contribution in [0.15, 0.2) is 23.1 Å². The number of aryl methyl sites for hydroxylation is 1. The van der Waals surface area contributed by atoms with Crippen molar-refractivity contribution in [2.24, 2.45) is 5.41 Å². The zero-order valence-corrected chi connectivity index (χ0v) is 25.1. The number of esters is 2. The number of pyridine rings is 1. The van der Waals surface area contributed by atoms with Crippen molar-refractivity contribution in [2.45, 2.75) is 60.4 Å². The van der Waals surface area contributed by atoms with Gasteiger partial charge in [-0.15, -0.1) is 11.3 Å². The van der Waals surface area contributed by atoms with Crippen LogP contribution in [0.5, 0.6) is 0 Å². The molecule has 0 saturated carbocycles. The second-order valence-corrected chi connectivity index (χ2v) is 11.3.